The summed E-state index contributed by atoms with van der Waals surface area (Å²) in [6.45, 7) is 6.97. The molecule has 0 radical (unpaired) electrons. The lowest BCUT2D eigenvalue weighted by molar-refractivity contribution is 0.366. The monoisotopic (exact) mass is 500 g/mol. The van der Waals surface area contributed by atoms with E-state index in [9.17, 15) is 0 Å². The van der Waals surface area contributed by atoms with Gasteiger partial charge >= 0.3 is 0 Å². The number of thiophene rings is 1. The molecule has 1 aliphatic rings. The molecule has 0 bridgehead atoms. The van der Waals surface area contributed by atoms with Crippen LogP contribution in [0.5, 0.6) is 5.75 Å². The van der Waals surface area contributed by atoms with Gasteiger partial charge in [0.05, 0.1) is 12.8 Å². The molecule has 148 valence electrons. The molecule has 1 aromatic heterocycles. The molecule has 1 aromatic carbocycles. The van der Waals surface area contributed by atoms with Gasteiger partial charge in [-0.2, -0.15) is 11.3 Å². The molecule has 1 fully saturated rings. The average molecular weight is 500 g/mol. The summed E-state index contributed by atoms with van der Waals surface area (Å²) in [6, 6.07) is 10.4. The summed E-state index contributed by atoms with van der Waals surface area (Å²) in [5.41, 5.74) is 2.56. The van der Waals surface area contributed by atoms with Crippen LogP contribution in [0.3, 0.4) is 0 Å². The number of nitrogens with zero attached hydrogens (tertiary/aromatic N) is 3. The van der Waals surface area contributed by atoms with Crippen LogP contribution in [-0.4, -0.2) is 57.7 Å². The quantitative estimate of drug-likeness (QED) is 0.385. The largest absolute Gasteiger partial charge is 0.495 e. The van der Waals surface area contributed by atoms with Gasteiger partial charge in [-0.15, -0.1) is 24.0 Å². The summed E-state index contributed by atoms with van der Waals surface area (Å²) in [5.74, 6) is 2.41. The maximum atomic E-state index is 5.50. The Morgan fingerprint density at radius 2 is 1.96 bits per heavy atom. The lowest BCUT2D eigenvalue weighted by atomic mass is 10.1. The number of ether oxygens (including phenoxy) is 1. The number of guanidine groups is 1. The molecule has 7 heteroatoms. The van der Waals surface area contributed by atoms with E-state index >= 15 is 0 Å². The lowest BCUT2D eigenvalue weighted by Gasteiger charge is -2.38. The minimum atomic E-state index is 0. The van der Waals surface area contributed by atoms with Gasteiger partial charge in [0.25, 0.3) is 0 Å². The Hall–Kier alpha value is -1.48. The number of benzene rings is 1. The summed E-state index contributed by atoms with van der Waals surface area (Å²) >= 11 is 1.75. The van der Waals surface area contributed by atoms with Crippen LogP contribution >= 0.6 is 35.3 Å². The number of halogens is 1. The number of anilines is 1. The summed E-state index contributed by atoms with van der Waals surface area (Å²) in [7, 11) is 3.60. The van der Waals surface area contributed by atoms with E-state index in [4.69, 9.17) is 4.74 Å². The molecule has 0 aliphatic carbocycles. The second-order valence-electron chi connectivity index (χ2n) is 6.53. The minimum absolute atomic E-state index is 0. The molecule has 1 aliphatic heterocycles. The van der Waals surface area contributed by atoms with Gasteiger partial charge in [0.15, 0.2) is 5.96 Å². The van der Waals surface area contributed by atoms with E-state index in [2.05, 4.69) is 56.0 Å². The smallest absolute Gasteiger partial charge is 0.193 e. The van der Waals surface area contributed by atoms with Crippen LogP contribution in [0, 0.1) is 0 Å². The predicted molar refractivity (Wildman–Crippen MR) is 126 cm³/mol. The van der Waals surface area contributed by atoms with Gasteiger partial charge < -0.3 is 19.9 Å². The SMILES string of the molecule is CN=C(NCC(C)c1ccsc1)N1CCN(c2ccccc2OC)CC1.I. The van der Waals surface area contributed by atoms with Gasteiger partial charge in [0.2, 0.25) is 0 Å². The summed E-state index contributed by atoms with van der Waals surface area (Å²) in [5, 5.41) is 7.90. The molecule has 0 spiro atoms. The van der Waals surface area contributed by atoms with Crippen LogP contribution in [0.1, 0.15) is 18.4 Å². The Kier molecular flexibility index (Phi) is 8.69. The van der Waals surface area contributed by atoms with E-state index in [1.54, 1.807) is 18.4 Å². The molecule has 27 heavy (non-hydrogen) atoms. The van der Waals surface area contributed by atoms with Crippen molar-refractivity contribution in [3.8, 4) is 5.75 Å². The molecule has 3 rings (SSSR count). The molecule has 1 unspecified atom stereocenters. The van der Waals surface area contributed by atoms with Gasteiger partial charge in [-0.05, 0) is 40.4 Å². The fraction of sp³-hybridized carbons (Fsp3) is 0.450. The van der Waals surface area contributed by atoms with Crippen molar-refractivity contribution >= 4 is 47.0 Å². The predicted octanol–water partition coefficient (Wildman–Crippen LogP) is 3.88. The van der Waals surface area contributed by atoms with Crippen molar-refractivity contribution in [3.05, 3.63) is 46.7 Å². The van der Waals surface area contributed by atoms with Crippen molar-refractivity contribution in [2.24, 2.45) is 4.99 Å². The third kappa shape index (κ3) is 5.51. The van der Waals surface area contributed by atoms with E-state index in [0.29, 0.717) is 5.92 Å². The first-order chi connectivity index (χ1) is 12.7. The van der Waals surface area contributed by atoms with Crippen LogP contribution in [0.25, 0.3) is 0 Å². The molecule has 0 amide bonds. The highest BCUT2D eigenvalue weighted by Gasteiger charge is 2.21. The zero-order valence-corrected chi connectivity index (χ0v) is 19.4. The van der Waals surface area contributed by atoms with Gasteiger partial charge in [0.1, 0.15) is 5.75 Å². The van der Waals surface area contributed by atoms with Crippen molar-refractivity contribution < 1.29 is 4.74 Å². The van der Waals surface area contributed by atoms with E-state index in [0.717, 1.165) is 44.4 Å². The third-order valence-electron chi connectivity index (χ3n) is 4.90. The number of methoxy groups -OCH3 is 1. The highest BCUT2D eigenvalue weighted by Crippen LogP contribution is 2.28. The Bertz CT molecular complexity index is 715. The van der Waals surface area contributed by atoms with Crippen molar-refractivity contribution in [2.45, 2.75) is 12.8 Å². The zero-order valence-electron chi connectivity index (χ0n) is 16.2. The van der Waals surface area contributed by atoms with Crippen molar-refractivity contribution in [1.82, 2.24) is 10.2 Å². The number of rotatable bonds is 5. The zero-order chi connectivity index (χ0) is 18.4. The molecular weight excluding hydrogens is 471 g/mol. The minimum Gasteiger partial charge on any atom is -0.495 e. The number of hydrogen-bond donors (Lipinski definition) is 1. The fourth-order valence-electron chi connectivity index (χ4n) is 3.30. The van der Waals surface area contributed by atoms with Gasteiger partial charge in [-0.1, -0.05) is 19.1 Å². The Labute approximate surface area is 183 Å². The summed E-state index contributed by atoms with van der Waals surface area (Å²) in [4.78, 5) is 9.21. The van der Waals surface area contributed by atoms with E-state index in [-0.39, 0.29) is 24.0 Å². The molecule has 1 saturated heterocycles. The highest BCUT2D eigenvalue weighted by atomic mass is 127. The third-order valence-corrected chi connectivity index (χ3v) is 5.60. The maximum Gasteiger partial charge on any atom is 0.193 e. The van der Waals surface area contributed by atoms with E-state index < -0.39 is 0 Å². The van der Waals surface area contributed by atoms with Crippen LogP contribution in [-0.2, 0) is 0 Å². The molecule has 0 saturated carbocycles. The highest BCUT2D eigenvalue weighted by molar-refractivity contribution is 14.0. The topological polar surface area (TPSA) is 40.1 Å². The Balaban J connectivity index is 0.00000261. The summed E-state index contributed by atoms with van der Waals surface area (Å²) in [6.07, 6.45) is 0. The second-order valence-corrected chi connectivity index (χ2v) is 7.31. The van der Waals surface area contributed by atoms with E-state index in [1.165, 1.54) is 11.3 Å². The molecule has 1 atom stereocenters. The second kappa shape index (κ2) is 10.8. The first kappa shape index (κ1) is 21.8. The number of nitrogens with one attached hydrogen (secondary N) is 1. The van der Waals surface area contributed by atoms with E-state index in [1.807, 2.05) is 19.2 Å². The number of piperazine rings is 1. The van der Waals surface area contributed by atoms with Crippen LogP contribution < -0.4 is 15.0 Å². The molecule has 2 heterocycles. The molecular formula is C20H29IN4OS. The summed E-state index contributed by atoms with van der Waals surface area (Å²) < 4.78 is 5.50. The van der Waals surface area contributed by atoms with Crippen LogP contribution in [0.15, 0.2) is 46.1 Å². The van der Waals surface area contributed by atoms with Crippen LogP contribution in [0.4, 0.5) is 5.69 Å². The van der Waals surface area contributed by atoms with Crippen LogP contribution in [0.2, 0.25) is 0 Å². The first-order valence-corrected chi connectivity index (χ1v) is 10.0. The lowest BCUT2D eigenvalue weighted by Crippen LogP contribution is -2.53. The number of aliphatic imine (C=N–C) groups is 1. The molecule has 5 nitrogen and oxygen atoms in total. The Morgan fingerprint density at radius 1 is 1.22 bits per heavy atom. The maximum absolute atomic E-state index is 5.50. The van der Waals surface area contributed by atoms with Crippen molar-refractivity contribution in [1.29, 1.82) is 0 Å². The average Bonchev–Trinajstić information content (AvgIpc) is 3.24. The normalized spacial score (nSPS) is 15.9. The standard InChI is InChI=1S/C20H28N4OS.HI/c1-16(17-8-13-26-15-17)14-22-20(21-2)24-11-9-23(10-12-24)18-6-4-5-7-19(18)25-3;/h4-8,13,15-16H,9-12,14H2,1-3H3,(H,21,22);1H. The fourth-order valence-corrected chi connectivity index (χ4v) is 4.08. The first-order valence-electron chi connectivity index (χ1n) is 9.08. The molecule has 1 N–H and O–H groups in total. The van der Waals surface area contributed by atoms with Gasteiger partial charge in [0, 0.05) is 39.8 Å². The van der Waals surface area contributed by atoms with Crippen molar-refractivity contribution in [2.75, 3.05) is 51.8 Å². The van der Waals surface area contributed by atoms with Gasteiger partial charge in [-0.25, -0.2) is 0 Å². The van der Waals surface area contributed by atoms with Crippen molar-refractivity contribution in [3.63, 3.8) is 0 Å². The Morgan fingerprint density at radius 3 is 2.59 bits per heavy atom. The number of hydrogen-bond acceptors (Lipinski definition) is 4. The van der Waals surface area contributed by atoms with Gasteiger partial charge in [-0.3, -0.25) is 4.99 Å². The molecule has 2 aromatic rings. The number of para-hydroxylation sites is 2.